The van der Waals surface area contributed by atoms with Crippen molar-refractivity contribution in [2.45, 2.75) is 0 Å². The predicted molar refractivity (Wildman–Crippen MR) is 59.5 cm³/mol. The van der Waals surface area contributed by atoms with Crippen molar-refractivity contribution in [3.8, 4) is 0 Å². The highest BCUT2D eigenvalue weighted by molar-refractivity contribution is 6.92. The van der Waals surface area contributed by atoms with Crippen LogP contribution in [-0.2, 0) is 0 Å². The normalized spacial score (nSPS) is 9.33. The molecule has 1 aromatic carbocycles. The molecule has 1 N–H and O–H groups in total. The van der Waals surface area contributed by atoms with Gasteiger partial charge in [-0.2, -0.15) is 9.90 Å². The fraction of sp³-hybridized carbons (Fsp3) is 0. The quantitative estimate of drug-likeness (QED) is 0.644. The topological polar surface area (TPSA) is 15.8 Å². The van der Waals surface area contributed by atoms with Crippen LogP contribution < -0.4 is 0 Å². The predicted octanol–water partition coefficient (Wildman–Crippen LogP) is 2.87. The summed E-state index contributed by atoms with van der Waals surface area (Å²) in [5.41, 5.74) is 2.24. The second kappa shape index (κ2) is 3.55. The SMILES string of the molecule is C=Cc1cc2ccccc2[nH]1.P. The fourth-order valence-electron chi connectivity index (χ4n) is 1.21. The number of rotatable bonds is 1. The van der Waals surface area contributed by atoms with Crippen LogP contribution in [0, 0.1) is 0 Å². The van der Waals surface area contributed by atoms with Gasteiger partial charge in [-0.05, 0) is 23.6 Å². The van der Waals surface area contributed by atoms with Crippen LogP contribution in [0.4, 0.5) is 0 Å². The third kappa shape index (κ3) is 1.41. The van der Waals surface area contributed by atoms with E-state index in [-0.39, 0.29) is 9.90 Å². The van der Waals surface area contributed by atoms with Gasteiger partial charge in [0.2, 0.25) is 0 Å². The smallest absolute Gasteiger partial charge is 0.0458 e. The average Bonchev–Trinajstić information content (AvgIpc) is 2.46. The van der Waals surface area contributed by atoms with Crippen molar-refractivity contribution >= 4 is 26.9 Å². The monoisotopic (exact) mass is 177 g/mol. The number of H-pyrrole nitrogens is 1. The van der Waals surface area contributed by atoms with E-state index in [9.17, 15) is 0 Å². The van der Waals surface area contributed by atoms with Gasteiger partial charge in [-0.3, -0.25) is 0 Å². The maximum Gasteiger partial charge on any atom is 0.0458 e. The molecule has 1 unspecified atom stereocenters. The molecule has 0 amide bonds. The van der Waals surface area contributed by atoms with Gasteiger partial charge in [-0.25, -0.2) is 0 Å². The molecule has 0 saturated carbocycles. The van der Waals surface area contributed by atoms with Gasteiger partial charge in [0.1, 0.15) is 0 Å². The highest BCUT2D eigenvalue weighted by atomic mass is 31.0. The summed E-state index contributed by atoms with van der Waals surface area (Å²) in [6, 6.07) is 10.3. The second-order valence-corrected chi connectivity index (χ2v) is 2.52. The zero-order valence-corrected chi connectivity index (χ0v) is 8.29. The van der Waals surface area contributed by atoms with Crippen molar-refractivity contribution in [1.82, 2.24) is 4.98 Å². The van der Waals surface area contributed by atoms with E-state index in [4.69, 9.17) is 0 Å². The summed E-state index contributed by atoms with van der Waals surface area (Å²) in [6.45, 7) is 3.69. The minimum absolute atomic E-state index is 0. The van der Waals surface area contributed by atoms with E-state index in [1.54, 1.807) is 0 Å². The minimum Gasteiger partial charge on any atom is -0.355 e. The van der Waals surface area contributed by atoms with Crippen LogP contribution >= 0.6 is 9.90 Å². The summed E-state index contributed by atoms with van der Waals surface area (Å²) >= 11 is 0. The first kappa shape index (κ1) is 9.02. The number of aromatic amines is 1. The van der Waals surface area contributed by atoms with E-state index in [0.717, 1.165) is 5.69 Å². The zero-order chi connectivity index (χ0) is 7.68. The van der Waals surface area contributed by atoms with Crippen LogP contribution in [0.5, 0.6) is 0 Å². The molecule has 1 nitrogen and oxygen atoms in total. The summed E-state index contributed by atoms with van der Waals surface area (Å²) < 4.78 is 0. The molecular formula is C10H12NP. The molecular weight excluding hydrogens is 165 g/mol. The Morgan fingerprint density at radius 3 is 2.67 bits per heavy atom. The Kier molecular flexibility index (Phi) is 2.67. The summed E-state index contributed by atoms with van der Waals surface area (Å²) in [5.74, 6) is 0. The Hall–Kier alpha value is -1.07. The maximum absolute atomic E-state index is 3.69. The molecule has 0 spiro atoms. The Labute approximate surface area is 75.1 Å². The van der Waals surface area contributed by atoms with Crippen LogP contribution in [0.15, 0.2) is 36.9 Å². The van der Waals surface area contributed by atoms with Crippen molar-refractivity contribution in [2.24, 2.45) is 0 Å². The van der Waals surface area contributed by atoms with E-state index in [1.807, 2.05) is 18.2 Å². The van der Waals surface area contributed by atoms with E-state index in [0.29, 0.717) is 0 Å². The highest BCUT2D eigenvalue weighted by Crippen LogP contribution is 2.14. The van der Waals surface area contributed by atoms with Gasteiger partial charge < -0.3 is 4.98 Å². The van der Waals surface area contributed by atoms with Crippen molar-refractivity contribution < 1.29 is 0 Å². The van der Waals surface area contributed by atoms with E-state index in [2.05, 4.69) is 29.8 Å². The lowest BCUT2D eigenvalue weighted by Crippen LogP contribution is -1.65. The standard InChI is InChI=1S/C10H9N.H3P/c1-2-9-7-8-5-3-4-6-10(8)11-9;/h2-7,11H,1H2;1H3. The molecule has 0 radical (unpaired) electrons. The lowest BCUT2D eigenvalue weighted by atomic mass is 10.2. The fourth-order valence-corrected chi connectivity index (χ4v) is 1.21. The maximum atomic E-state index is 3.69. The molecule has 1 heterocycles. The first-order valence-electron chi connectivity index (χ1n) is 3.60. The van der Waals surface area contributed by atoms with Crippen molar-refractivity contribution in [3.63, 3.8) is 0 Å². The van der Waals surface area contributed by atoms with Gasteiger partial charge in [-0.15, -0.1) is 0 Å². The van der Waals surface area contributed by atoms with Gasteiger partial charge in [0.05, 0.1) is 0 Å². The molecule has 0 fully saturated rings. The summed E-state index contributed by atoms with van der Waals surface area (Å²) in [6.07, 6.45) is 1.82. The van der Waals surface area contributed by atoms with Crippen LogP contribution in [0.25, 0.3) is 17.0 Å². The van der Waals surface area contributed by atoms with Crippen molar-refractivity contribution in [1.29, 1.82) is 0 Å². The molecule has 12 heavy (non-hydrogen) atoms. The van der Waals surface area contributed by atoms with Crippen LogP contribution in [0.2, 0.25) is 0 Å². The van der Waals surface area contributed by atoms with Gasteiger partial charge in [0.25, 0.3) is 0 Å². The van der Waals surface area contributed by atoms with Crippen molar-refractivity contribution in [2.75, 3.05) is 0 Å². The molecule has 1 atom stereocenters. The first-order chi connectivity index (χ1) is 5.40. The number of benzene rings is 1. The minimum atomic E-state index is 0. The Balaban J connectivity index is 0.000000720. The summed E-state index contributed by atoms with van der Waals surface area (Å²) in [4.78, 5) is 3.23. The molecule has 0 aliphatic carbocycles. The number of hydrogen-bond acceptors (Lipinski definition) is 0. The van der Waals surface area contributed by atoms with Gasteiger partial charge in [0.15, 0.2) is 0 Å². The Morgan fingerprint density at radius 1 is 1.25 bits per heavy atom. The third-order valence-corrected chi connectivity index (χ3v) is 1.77. The molecule has 2 rings (SSSR count). The van der Waals surface area contributed by atoms with Crippen LogP contribution in [-0.4, -0.2) is 4.98 Å². The van der Waals surface area contributed by atoms with Crippen LogP contribution in [0.3, 0.4) is 0 Å². The van der Waals surface area contributed by atoms with E-state index < -0.39 is 0 Å². The summed E-state index contributed by atoms with van der Waals surface area (Å²) in [5, 5.41) is 1.24. The second-order valence-electron chi connectivity index (χ2n) is 2.52. The Morgan fingerprint density at radius 2 is 2.00 bits per heavy atom. The zero-order valence-electron chi connectivity index (χ0n) is 6.88. The molecule has 0 aliphatic rings. The molecule has 0 aliphatic heterocycles. The Bertz CT molecular complexity index is 356. The molecule has 0 bridgehead atoms. The average molecular weight is 177 g/mol. The lowest BCUT2D eigenvalue weighted by Gasteiger charge is -1.83. The largest absolute Gasteiger partial charge is 0.355 e. The molecule has 2 heteroatoms. The number of hydrogen-bond donors (Lipinski definition) is 1. The van der Waals surface area contributed by atoms with Gasteiger partial charge >= 0.3 is 0 Å². The molecule has 62 valence electrons. The highest BCUT2D eigenvalue weighted by Gasteiger charge is 1.93. The van der Waals surface area contributed by atoms with Crippen LogP contribution in [0.1, 0.15) is 5.69 Å². The number of nitrogens with one attached hydrogen (secondary N) is 1. The lowest BCUT2D eigenvalue weighted by molar-refractivity contribution is 1.43. The van der Waals surface area contributed by atoms with Crippen molar-refractivity contribution in [3.05, 3.63) is 42.6 Å². The molecule has 2 aromatic rings. The number of aromatic nitrogens is 1. The molecule has 0 saturated heterocycles. The van der Waals surface area contributed by atoms with E-state index in [1.165, 1.54) is 10.9 Å². The number of fused-ring (bicyclic) bond motifs is 1. The van der Waals surface area contributed by atoms with E-state index >= 15 is 0 Å². The van der Waals surface area contributed by atoms with Gasteiger partial charge in [-0.1, -0.05) is 24.8 Å². The first-order valence-corrected chi connectivity index (χ1v) is 3.60. The van der Waals surface area contributed by atoms with Gasteiger partial charge in [0, 0.05) is 11.2 Å². The summed E-state index contributed by atoms with van der Waals surface area (Å²) in [7, 11) is 0. The number of para-hydroxylation sites is 1. The third-order valence-electron chi connectivity index (χ3n) is 1.77. The molecule has 1 aromatic heterocycles.